The quantitative estimate of drug-likeness (QED) is 0.276. The molecule has 0 saturated heterocycles. The van der Waals surface area contributed by atoms with Crippen LogP contribution in [0.2, 0.25) is 0 Å². The molecule has 0 saturated carbocycles. The molecule has 184 valence electrons. The number of fused-ring (bicyclic) bond motifs is 1. The van der Waals surface area contributed by atoms with Gasteiger partial charge >= 0.3 is 0 Å². The van der Waals surface area contributed by atoms with Crippen molar-refractivity contribution in [2.75, 3.05) is 24.5 Å². The first-order valence-corrected chi connectivity index (χ1v) is 13.1. The summed E-state index contributed by atoms with van der Waals surface area (Å²) >= 11 is 0. The zero-order valence-corrected chi connectivity index (χ0v) is 21.1. The van der Waals surface area contributed by atoms with Crippen molar-refractivity contribution in [1.29, 1.82) is 0 Å². The molecule has 5 rings (SSSR count). The minimum atomic E-state index is 0.179. The largest absolute Gasteiger partial charge is 0.312 e. The average Bonchev–Trinajstić information content (AvgIpc) is 3.36. The maximum Gasteiger partial charge on any atom is 0.226 e. The van der Waals surface area contributed by atoms with E-state index in [2.05, 4.69) is 59.5 Å². The van der Waals surface area contributed by atoms with Crippen LogP contribution in [-0.4, -0.2) is 36.2 Å². The van der Waals surface area contributed by atoms with Gasteiger partial charge in [0.15, 0.2) is 5.78 Å². The minimum Gasteiger partial charge on any atom is -0.312 e. The molecule has 0 fully saturated rings. The molecule has 0 bridgehead atoms. The van der Waals surface area contributed by atoms with E-state index >= 15 is 0 Å². The highest BCUT2D eigenvalue weighted by atomic mass is 16.2. The fourth-order valence-electron chi connectivity index (χ4n) is 5.26. The third kappa shape index (κ3) is 5.50. The molecule has 0 aliphatic carbocycles. The number of carbonyl (C=O) groups excluding carboxylic acids is 2. The lowest BCUT2D eigenvalue weighted by molar-refractivity contribution is -0.118. The molecular weight excluding hydrogens is 444 g/mol. The van der Waals surface area contributed by atoms with Gasteiger partial charge in [-0.25, -0.2) is 0 Å². The highest BCUT2D eigenvalue weighted by Crippen LogP contribution is 2.33. The van der Waals surface area contributed by atoms with Gasteiger partial charge in [-0.2, -0.15) is 0 Å². The van der Waals surface area contributed by atoms with Crippen LogP contribution in [0, 0.1) is 0 Å². The first-order valence-electron chi connectivity index (χ1n) is 13.1. The number of Topliss-reactive ketones (excluding diaryl/α,β-unsaturated/α-hetero) is 1. The van der Waals surface area contributed by atoms with E-state index in [4.69, 9.17) is 0 Å². The molecule has 3 aromatic rings. The van der Waals surface area contributed by atoms with Crippen molar-refractivity contribution in [3.05, 3.63) is 101 Å². The second-order valence-corrected chi connectivity index (χ2v) is 9.83. The Morgan fingerprint density at radius 3 is 2.36 bits per heavy atom. The van der Waals surface area contributed by atoms with E-state index in [0.717, 1.165) is 67.8 Å². The molecule has 0 radical (unpaired) electrons. The molecule has 4 heteroatoms. The molecule has 0 spiro atoms. The van der Waals surface area contributed by atoms with E-state index in [-0.39, 0.29) is 11.7 Å². The van der Waals surface area contributed by atoms with E-state index in [1.165, 1.54) is 16.7 Å². The van der Waals surface area contributed by atoms with Gasteiger partial charge in [0.1, 0.15) is 0 Å². The van der Waals surface area contributed by atoms with Gasteiger partial charge in [-0.15, -0.1) is 0 Å². The summed E-state index contributed by atoms with van der Waals surface area (Å²) < 4.78 is 0. The van der Waals surface area contributed by atoms with Crippen molar-refractivity contribution < 1.29 is 9.59 Å². The molecule has 0 atom stereocenters. The molecule has 0 N–H and O–H groups in total. The highest BCUT2D eigenvalue weighted by Gasteiger charge is 2.23. The second kappa shape index (κ2) is 11.0. The number of amides is 1. The van der Waals surface area contributed by atoms with Crippen LogP contribution >= 0.6 is 0 Å². The Bertz CT molecular complexity index is 1260. The van der Waals surface area contributed by atoms with E-state index in [1.807, 2.05) is 36.1 Å². The van der Waals surface area contributed by atoms with Crippen molar-refractivity contribution in [3.63, 3.8) is 0 Å². The zero-order chi connectivity index (χ0) is 24.9. The lowest BCUT2D eigenvalue weighted by atomic mass is 9.96. The maximum atomic E-state index is 12.8. The van der Waals surface area contributed by atoms with E-state index in [9.17, 15) is 9.59 Å². The summed E-state index contributed by atoms with van der Waals surface area (Å²) in [4.78, 5) is 29.4. The Balaban J connectivity index is 1.15. The van der Waals surface area contributed by atoms with Crippen LogP contribution in [0.1, 0.15) is 54.1 Å². The van der Waals surface area contributed by atoms with Gasteiger partial charge < -0.3 is 4.90 Å². The minimum absolute atomic E-state index is 0.179. The number of anilines is 1. The number of ketones is 1. The Morgan fingerprint density at radius 1 is 0.861 bits per heavy atom. The summed E-state index contributed by atoms with van der Waals surface area (Å²) in [6.07, 6.45) is 6.18. The highest BCUT2D eigenvalue weighted by molar-refractivity contribution is 5.97. The van der Waals surface area contributed by atoms with Crippen molar-refractivity contribution in [1.82, 2.24) is 4.90 Å². The standard InChI is InChI=1S/C32H34N2O2/c1-2-32(36)34-21-18-29-22-28(13-14-30(29)34)26-9-11-27(12-10-26)31(35)15-8-24-16-19-33(20-17-24)23-25-6-4-3-5-7-25/h3-7,9-14,16,22H,2,8,15,17-21,23H2,1H3. The Morgan fingerprint density at radius 2 is 1.64 bits per heavy atom. The topological polar surface area (TPSA) is 40.6 Å². The summed E-state index contributed by atoms with van der Waals surface area (Å²) in [5, 5.41) is 0. The predicted octanol–water partition coefficient (Wildman–Crippen LogP) is 6.45. The number of hydrogen-bond acceptors (Lipinski definition) is 3. The van der Waals surface area contributed by atoms with Gasteiger partial charge in [-0.1, -0.05) is 79.2 Å². The number of benzene rings is 3. The van der Waals surface area contributed by atoms with Crippen molar-refractivity contribution in [2.24, 2.45) is 0 Å². The number of carbonyl (C=O) groups is 2. The second-order valence-electron chi connectivity index (χ2n) is 9.83. The van der Waals surface area contributed by atoms with Crippen molar-refractivity contribution >= 4 is 17.4 Å². The molecule has 2 aliphatic rings. The zero-order valence-electron chi connectivity index (χ0n) is 21.1. The summed E-state index contributed by atoms with van der Waals surface area (Å²) in [5.74, 6) is 0.384. The number of nitrogens with zero attached hydrogens (tertiary/aromatic N) is 2. The van der Waals surface area contributed by atoms with Gasteiger partial charge in [0, 0.05) is 50.3 Å². The van der Waals surface area contributed by atoms with Gasteiger partial charge in [0.25, 0.3) is 0 Å². The lowest BCUT2D eigenvalue weighted by Crippen LogP contribution is -2.28. The first-order chi connectivity index (χ1) is 17.6. The lowest BCUT2D eigenvalue weighted by Gasteiger charge is -2.26. The van der Waals surface area contributed by atoms with Crippen LogP contribution in [0.25, 0.3) is 11.1 Å². The third-order valence-corrected chi connectivity index (χ3v) is 7.43. The molecule has 1 amide bonds. The Kier molecular flexibility index (Phi) is 7.43. The van der Waals surface area contributed by atoms with Gasteiger partial charge in [0.2, 0.25) is 5.91 Å². The fraction of sp³-hybridized carbons (Fsp3) is 0.312. The third-order valence-electron chi connectivity index (χ3n) is 7.43. The Hall–Kier alpha value is -3.50. The normalized spacial score (nSPS) is 15.5. The summed E-state index contributed by atoms with van der Waals surface area (Å²) in [7, 11) is 0. The summed E-state index contributed by atoms with van der Waals surface area (Å²) in [5.41, 5.74) is 8.02. The van der Waals surface area contributed by atoms with Crippen LogP contribution in [-0.2, 0) is 17.8 Å². The molecule has 2 aliphatic heterocycles. The van der Waals surface area contributed by atoms with Crippen LogP contribution in [0.3, 0.4) is 0 Å². The smallest absolute Gasteiger partial charge is 0.226 e. The molecule has 0 aromatic heterocycles. The van der Waals surface area contributed by atoms with Crippen LogP contribution < -0.4 is 4.90 Å². The Labute approximate surface area is 214 Å². The average molecular weight is 479 g/mol. The molecule has 4 nitrogen and oxygen atoms in total. The fourth-order valence-corrected chi connectivity index (χ4v) is 5.26. The molecule has 36 heavy (non-hydrogen) atoms. The maximum absolute atomic E-state index is 12.8. The van der Waals surface area contributed by atoms with Crippen molar-refractivity contribution in [2.45, 2.75) is 45.6 Å². The van der Waals surface area contributed by atoms with Crippen LogP contribution in [0.5, 0.6) is 0 Å². The molecule has 0 unspecified atom stereocenters. The van der Waals surface area contributed by atoms with E-state index in [1.54, 1.807) is 0 Å². The van der Waals surface area contributed by atoms with Gasteiger partial charge in [0.05, 0.1) is 0 Å². The van der Waals surface area contributed by atoms with Crippen LogP contribution in [0.15, 0.2) is 84.4 Å². The van der Waals surface area contributed by atoms with Gasteiger partial charge in [-0.05, 0) is 53.6 Å². The summed E-state index contributed by atoms with van der Waals surface area (Å²) in [6.45, 7) is 5.66. The molecule has 2 heterocycles. The summed E-state index contributed by atoms with van der Waals surface area (Å²) in [6, 6.07) is 24.9. The van der Waals surface area contributed by atoms with Gasteiger partial charge in [-0.3, -0.25) is 14.5 Å². The number of rotatable bonds is 8. The van der Waals surface area contributed by atoms with E-state index < -0.39 is 0 Å². The first kappa shape index (κ1) is 24.2. The van der Waals surface area contributed by atoms with Crippen LogP contribution in [0.4, 0.5) is 5.69 Å². The monoisotopic (exact) mass is 478 g/mol. The predicted molar refractivity (Wildman–Crippen MR) is 146 cm³/mol. The SMILES string of the molecule is CCC(=O)N1CCc2cc(-c3ccc(C(=O)CCC4=CCN(Cc5ccccc5)CC4)cc3)ccc21. The molecular formula is C32H34N2O2. The molecule has 3 aromatic carbocycles. The van der Waals surface area contributed by atoms with Crippen molar-refractivity contribution in [3.8, 4) is 11.1 Å². The number of hydrogen-bond donors (Lipinski definition) is 0. The van der Waals surface area contributed by atoms with E-state index in [0.29, 0.717) is 12.8 Å².